The Kier molecular flexibility index (Phi) is 9.63. The quantitative estimate of drug-likeness (QED) is 0.189. The predicted molar refractivity (Wildman–Crippen MR) is 127 cm³/mol. The van der Waals surface area contributed by atoms with Gasteiger partial charge in [0.05, 0.1) is 0 Å². The van der Waals surface area contributed by atoms with Crippen molar-refractivity contribution < 1.29 is 62.2 Å². The third kappa shape index (κ3) is 7.16. The first kappa shape index (κ1) is 31.0. The maximum Gasteiger partial charge on any atom is 0.371 e. The summed E-state index contributed by atoms with van der Waals surface area (Å²) in [6, 6.07) is 1.00. The highest BCUT2D eigenvalue weighted by Gasteiger charge is 2.55. The molecule has 3 heterocycles. The van der Waals surface area contributed by atoms with Gasteiger partial charge in [0.15, 0.2) is 24.5 Å². The summed E-state index contributed by atoms with van der Waals surface area (Å²) in [7, 11) is 1.19. The number of primary amides is 1. The minimum absolute atomic E-state index is 0.722. The Morgan fingerprint density at radius 2 is 1.61 bits per heavy atom. The lowest BCUT2D eigenvalue weighted by Crippen LogP contribution is -2.55. The minimum atomic E-state index is -1.95. The van der Waals surface area contributed by atoms with Gasteiger partial charge in [-0.15, -0.1) is 0 Å². The molecule has 3 rings (SSSR count). The summed E-state index contributed by atoms with van der Waals surface area (Å²) in [5.41, 5.74) is 3.93. The second kappa shape index (κ2) is 12.7. The van der Waals surface area contributed by atoms with Gasteiger partial charge in [-0.1, -0.05) is 0 Å². The first-order valence-electron chi connectivity index (χ1n) is 11.8. The molecule has 1 fully saturated rings. The molecule has 1 aromatic rings. The standard InChI is InChI=1S/C23H27N3O15/c1-8(27)36-11-7-12(21(32)33)39-22(14(11)37-9(2)28)41-17(19(24)31)15-16(38-10(3)29)18(35-4)20(40-15)26-6-5-13(30)25-23(26)34/h5-7,11,14-18,20,22H,1-4H3,(H2,24,31)(H,32,33)(H,25,30,34)/t11-,14-,15-,16?,17+,18?,20+,22+/m0/s1. The molecular weight excluding hydrogens is 558 g/mol. The van der Waals surface area contributed by atoms with Gasteiger partial charge in [-0.05, 0) is 0 Å². The maximum atomic E-state index is 12.7. The van der Waals surface area contributed by atoms with Crippen molar-refractivity contribution in [2.75, 3.05) is 7.11 Å². The van der Waals surface area contributed by atoms with E-state index in [0.29, 0.717) is 0 Å². The van der Waals surface area contributed by atoms with E-state index in [1.54, 1.807) is 0 Å². The first-order valence-corrected chi connectivity index (χ1v) is 11.8. The topological polar surface area (TPSA) is 251 Å². The number of aromatic amines is 1. The molecule has 0 aliphatic carbocycles. The van der Waals surface area contributed by atoms with E-state index < -0.39 is 95.9 Å². The van der Waals surface area contributed by atoms with Crippen molar-refractivity contribution in [2.24, 2.45) is 5.73 Å². The van der Waals surface area contributed by atoms with Crippen LogP contribution in [0.3, 0.4) is 0 Å². The zero-order chi connectivity index (χ0) is 30.6. The van der Waals surface area contributed by atoms with Gasteiger partial charge in [0.25, 0.3) is 5.56 Å². The van der Waals surface area contributed by atoms with E-state index in [4.69, 9.17) is 38.9 Å². The van der Waals surface area contributed by atoms with Crippen LogP contribution in [0, 0.1) is 0 Å². The van der Waals surface area contributed by atoms with Crippen LogP contribution in [-0.2, 0) is 57.1 Å². The molecule has 0 spiro atoms. The summed E-state index contributed by atoms with van der Waals surface area (Å²) < 4.78 is 38.7. The Morgan fingerprint density at radius 3 is 2.12 bits per heavy atom. The number of nitrogens with two attached hydrogens (primary N) is 1. The fraction of sp³-hybridized carbons (Fsp3) is 0.522. The van der Waals surface area contributed by atoms with Crippen LogP contribution in [0.2, 0.25) is 0 Å². The Balaban J connectivity index is 2.06. The molecule has 2 aliphatic heterocycles. The van der Waals surface area contributed by atoms with Crippen LogP contribution in [-0.4, -0.2) is 94.5 Å². The van der Waals surface area contributed by atoms with Crippen LogP contribution in [0.25, 0.3) is 0 Å². The first-order chi connectivity index (χ1) is 19.2. The van der Waals surface area contributed by atoms with Crippen LogP contribution >= 0.6 is 0 Å². The monoisotopic (exact) mass is 585 g/mol. The largest absolute Gasteiger partial charge is 0.475 e. The van der Waals surface area contributed by atoms with Crippen molar-refractivity contribution in [3.8, 4) is 0 Å². The normalized spacial score (nSPS) is 28.0. The predicted octanol–water partition coefficient (Wildman–Crippen LogP) is -2.56. The highest BCUT2D eigenvalue weighted by atomic mass is 16.7. The summed E-state index contributed by atoms with van der Waals surface area (Å²) in [4.78, 5) is 85.9. The Labute approximate surface area is 229 Å². The Morgan fingerprint density at radius 1 is 1.00 bits per heavy atom. The van der Waals surface area contributed by atoms with E-state index >= 15 is 0 Å². The maximum absolute atomic E-state index is 12.7. The van der Waals surface area contributed by atoms with Gasteiger partial charge < -0.3 is 44.0 Å². The van der Waals surface area contributed by atoms with E-state index in [2.05, 4.69) is 0 Å². The number of ether oxygens (including phenoxy) is 7. The Bertz CT molecular complexity index is 1350. The summed E-state index contributed by atoms with van der Waals surface area (Å²) in [5.74, 6) is -6.33. The van der Waals surface area contributed by atoms with Crippen molar-refractivity contribution in [2.45, 2.75) is 69.9 Å². The van der Waals surface area contributed by atoms with Crippen LogP contribution in [0.15, 0.2) is 33.7 Å². The number of carboxylic acid groups (broad SMARTS) is 1. The minimum Gasteiger partial charge on any atom is -0.475 e. The molecule has 8 atom stereocenters. The van der Waals surface area contributed by atoms with Crippen LogP contribution in [0.1, 0.15) is 27.0 Å². The van der Waals surface area contributed by atoms with E-state index in [-0.39, 0.29) is 0 Å². The lowest BCUT2D eigenvalue weighted by molar-refractivity contribution is -0.250. The molecule has 0 saturated carbocycles. The number of hydrogen-bond acceptors (Lipinski definition) is 14. The van der Waals surface area contributed by atoms with E-state index in [9.17, 15) is 38.7 Å². The highest BCUT2D eigenvalue weighted by molar-refractivity contribution is 5.85. The van der Waals surface area contributed by atoms with Crippen molar-refractivity contribution in [1.82, 2.24) is 9.55 Å². The molecule has 1 amide bonds. The third-order valence-electron chi connectivity index (χ3n) is 5.75. The number of aromatic nitrogens is 2. The van der Waals surface area contributed by atoms with Gasteiger partial charge in [0.2, 0.25) is 24.1 Å². The molecule has 0 radical (unpaired) electrons. The number of esters is 3. The molecule has 2 unspecified atom stereocenters. The second-order valence-electron chi connectivity index (χ2n) is 8.71. The number of nitrogens with one attached hydrogen (secondary N) is 1. The Hall–Kier alpha value is -4.55. The summed E-state index contributed by atoms with van der Waals surface area (Å²) in [6.07, 6.45) is -11.0. The summed E-state index contributed by atoms with van der Waals surface area (Å²) in [5, 5.41) is 9.50. The number of carboxylic acids is 1. The number of nitrogens with zero attached hydrogens (tertiary/aromatic N) is 1. The number of H-pyrrole nitrogens is 1. The van der Waals surface area contributed by atoms with Crippen molar-refractivity contribution in [3.63, 3.8) is 0 Å². The molecular formula is C23H27N3O15. The molecule has 2 aliphatic rings. The summed E-state index contributed by atoms with van der Waals surface area (Å²) in [6.45, 7) is 3.05. The van der Waals surface area contributed by atoms with Crippen molar-refractivity contribution >= 4 is 29.8 Å². The van der Waals surface area contributed by atoms with Crippen LogP contribution < -0.4 is 17.0 Å². The number of methoxy groups -OCH3 is 1. The lowest BCUT2D eigenvalue weighted by Gasteiger charge is -2.37. The van der Waals surface area contributed by atoms with Gasteiger partial charge >= 0.3 is 29.6 Å². The molecule has 18 nitrogen and oxygen atoms in total. The number of carbonyl (C=O) groups excluding carboxylic acids is 4. The van der Waals surface area contributed by atoms with E-state index in [1.165, 1.54) is 7.11 Å². The summed E-state index contributed by atoms with van der Waals surface area (Å²) >= 11 is 0. The number of hydrogen-bond donors (Lipinski definition) is 3. The van der Waals surface area contributed by atoms with Gasteiger partial charge in [-0.2, -0.15) is 0 Å². The number of amides is 1. The SMILES string of the molecule is COC1C(OC(C)=O)[C@@H]([C@@H](O[C@H]2OC(C(=O)O)=C[C@H](OC(C)=O)[C@@H]2OC(C)=O)C(N)=O)O[C@H]1n1ccc(=O)[nH]c1=O. The van der Waals surface area contributed by atoms with Gasteiger partial charge in [0.1, 0.15) is 12.2 Å². The van der Waals surface area contributed by atoms with E-state index in [0.717, 1.165) is 43.7 Å². The van der Waals surface area contributed by atoms with Crippen molar-refractivity contribution in [1.29, 1.82) is 0 Å². The number of aliphatic carboxylic acids is 1. The highest BCUT2D eigenvalue weighted by Crippen LogP contribution is 2.36. The number of rotatable bonds is 10. The van der Waals surface area contributed by atoms with Gasteiger partial charge in [0, 0.05) is 46.2 Å². The van der Waals surface area contributed by atoms with Crippen LogP contribution in [0.4, 0.5) is 0 Å². The van der Waals surface area contributed by atoms with Crippen LogP contribution in [0.5, 0.6) is 0 Å². The van der Waals surface area contributed by atoms with E-state index in [1.807, 2.05) is 4.98 Å². The fourth-order valence-electron chi connectivity index (χ4n) is 4.25. The molecule has 1 saturated heterocycles. The molecule has 4 N–H and O–H groups in total. The second-order valence-corrected chi connectivity index (χ2v) is 8.71. The zero-order valence-corrected chi connectivity index (χ0v) is 22.0. The van der Waals surface area contributed by atoms with Crippen molar-refractivity contribution in [3.05, 3.63) is 44.9 Å². The average molecular weight is 585 g/mol. The lowest BCUT2D eigenvalue weighted by atomic mass is 10.0. The van der Waals surface area contributed by atoms with Gasteiger partial charge in [-0.3, -0.25) is 33.5 Å². The molecule has 1 aromatic heterocycles. The molecule has 18 heteroatoms. The third-order valence-corrected chi connectivity index (χ3v) is 5.75. The zero-order valence-electron chi connectivity index (χ0n) is 22.0. The number of carbonyl (C=O) groups is 5. The average Bonchev–Trinajstić information content (AvgIpc) is 3.19. The molecule has 224 valence electrons. The van der Waals surface area contributed by atoms with Gasteiger partial charge in [-0.25, -0.2) is 9.59 Å². The smallest absolute Gasteiger partial charge is 0.371 e. The molecule has 0 aromatic carbocycles. The molecule has 0 bridgehead atoms. The fourth-order valence-corrected chi connectivity index (χ4v) is 4.25. The molecule has 41 heavy (non-hydrogen) atoms.